The molecule has 0 aliphatic heterocycles. The monoisotopic (exact) mass is 322 g/mol. The van der Waals surface area contributed by atoms with Gasteiger partial charge in [0.15, 0.2) is 0 Å². The molecule has 0 aliphatic carbocycles. The first-order chi connectivity index (χ1) is 11.3. The minimum atomic E-state index is 0.858. The predicted molar refractivity (Wildman–Crippen MR) is 97.8 cm³/mol. The van der Waals surface area contributed by atoms with E-state index in [1.54, 1.807) is 18.9 Å². The van der Waals surface area contributed by atoms with Crippen LogP contribution in [0, 0.1) is 0 Å². The van der Waals surface area contributed by atoms with Crippen molar-refractivity contribution in [1.29, 1.82) is 0 Å². The molecule has 1 aromatic heterocycles. The molecule has 0 fully saturated rings. The van der Waals surface area contributed by atoms with Crippen molar-refractivity contribution in [1.82, 2.24) is 4.57 Å². The van der Waals surface area contributed by atoms with Gasteiger partial charge in [-0.15, -0.1) is 11.8 Å². The standard InChI is InChI=1S/C19H18N2OS/c1-22-17-9-7-16(8-10-17)21-12-11-15(14-21)13-20-18-5-3-4-6-19(18)23-2/h3-14H,1-2H3. The van der Waals surface area contributed by atoms with E-state index in [1.807, 2.05) is 54.9 Å². The molecule has 0 radical (unpaired) electrons. The zero-order valence-corrected chi connectivity index (χ0v) is 14.0. The van der Waals surface area contributed by atoms with Gasteiger partial charge in [0.1, 0.15) is 5.75 Å². The van der Waals surface area contributed by atoms with E-state index < -0.39 is 0 Å². The van der Waals surface area contributed by atoms with Crippen LogP contribution in [0.15, 0.2) is 76.9 Å². The maximum Gasteiger partial charge on any atom is 0.119 e. The van der Waals surface area contributed by atoms with E-state index >= 15 is 0 Å². The second-order valence-electron chi connectivity index (χ2n) is 4.98. The summed E-state index contributed by atoms with van der Waals surface area (Å²) in [5, 5.41) is 0. The Morgan fingerprint density at radius 1 is 1.04 bits per heavy atom. The summed E-state index contributed by atoms with van der Waals surface area (Å²) in [4.78, 5) is 5.78. The summed E-state index contributed by atoms with van der Waals surface area (Å²) < 4.78 is 7.26. The number of nitrogens with zero attached hydrogens (tertiary/aromatic N) is 2. The number of aliphatic imine (C=N–C) groups is 1. The highest BCUT2D eigenvalue weighted by Gasteiger charge is 2.00. The van der Waals surface area contributed by atoms with Gasteiger partial charge in [-0.05, 0) is 48.7 Å². The van der Waals surface area contributed by atoms with Gasteiger partial charge in [-0.3, -0.25) is 4.99 Å². The molecule has 0 spiro atoms. The molecule has 0 aliphatic rings. The number of para-hydroxylation sites is 1. The molecule has 0 amide bonds. The van der Waals surface area contributed by atoms with E-state index in [0.717, 1.165) is 22.7 Å². The molecule has 0 unspecified atom stereocenters. The van der Waals surface area contributed by atoms with Gasteiger partial charge in [0.25, 0.3) is 0 Å². The Bertz CT molecular complexity index is 806. The van der Waals surface area contributed by atoms with Crippen LogP contribution in [0.2, 0.25) is 0 Å². The van der Waals surface area contributed by atoms with Gasteiger partial charge >= 0.3 is 0 Å². The molecule has 0 saturated heterocycles. The largest absolute Gasteiger partial charge is 0.497 e. The molecule has 0 atom stereocenters. The third kappa shape index (κ3) is 3.66. The van der Waals surface area contributed by atoms with E-state index in [2.05, 4.69) is 34.1 Å². The highest BCUT2D eigenvalue weighted by Crippen LogP contribution is 2.27. The quantitative estimate of drug-likeness (QED) is 0.490. The second-order valence-corrected chi connectivity index (χ2v) is 5.83. The van der Waals surface area contributed by atoms with Crippen LogP contribution < -0.4 is 4.74 Å². The smallest absolute Gasteiger partial charge is 0.119 e. The lowest BCUT2D eigenvalue weighted by molar-refractivity contribution is 0.415. The van der Waals surface area contributed by atoms with E-state index in [0.29, 0.717) is 0 Å². The van der Waals surface area contributed by atoms with Crippen LogP contribution in [-0.2, 0) is 0 Å². The highest BCUT2D eigenvalue weighted by molar-refractivity contribution is 7.98. The molecule has 0 N–H and O–H groups in total. The lowest BCUT2D eigenvalue weighted by Crippen LogP contribution is -1.90. The van der Waals surface area contributed by atoms with Crippen LogP contribution in [0.1, 0.15) is 5.56 Å². The first-order valence-electron chi connectivity index (χ1n) is 7.29. The number of benzene rings is 2. The Morgan fingerprint density at radius 2 is 1.83 bits per heavy atom. The summed E-state index contributed by atoms with van der Waals surface area (Å²) in [5.74, 6) is 0.858. The number of rotatable bonds is 5. The molecule has 23 heavy (non-hydrogen) atoms. The van der Waals surface area contributed by atoms with E-state index in [4.69, 9.17) is 4.74 Å². The lowest BCUT2D eigenvalue weighted by atomic mass is 10.3. The number of hydrogen-bond acceptors (Lipinski definition) is 3. The van der Waals surface area contributed by atoms with Gasteiger partial charge in [-0.25, -0.2) is 0 Å². The highest BCUT2D eigenvalue weighted by atomic mass is 32.2. The number of methoxy groups -OCH3 is 1. The maximum absolute atomic E-state index is 5.19. The van der Waals surface area contributed by atoms with Crippen LogP contribution >= 0.6 is 11.8 Å². The molecule has 4 heteroatoms. The fourth-order valence-electron chi connectivity index (χ4n) is 2.28. The Labute approximate surface area is 140 Å². The summed E-state index contributed by atoms with van der Waals surface area (Å²) in [7, 11) is 1.67. The molecule has 0 bridgehead atoms. The summed E-state index contributed by atoms with van der Waals surface area (Å²) in [5.41, 5.74) is 3.16. The molecule has 116 valence electrons. The predicted octanol–water partition coefficient (Wildman–Crippen LogP) is 4.96. The van der Waals surface area contributed by atoms with Crippen LogP contribution in [0.3, 0.4) is 0 Å². The fraction of sp³-hybridized carbons (Fsp3) is 0.105. The van der Waals surface area contributed by atoms with Crippen molar-refractivity contribution < 1.29 is 4.74 Å². The molecule has 3 rings (SSSR count). The van der Waals surface area contributed by atoms with E-state index in [-0.39, 0.29) is 0 Å². The van der Waals surface area contributed by atoms with E-state index in [1.165, 1.54) is 4.90 Å². The molecular weight excluding hydrogens is 304 g/mol. The Hall–Kier alpha value is -2.46. The summed E-state index contributed by atoms with van der Waals surface area (Å²) in [6.07, 6.45) is 8.06. The van der Waals surface area contributed by atoms with Crippen LogP contribution in [0.5, 0.6) is 5.75 Å². The van der Waals surface area contributed by atoms with Gasteiger partial charge < -0.3 is 9.30 Å². The second kappa shape index (κ2) is 7.20. The normalized spacial score (nSPS) is 11.0. The van der Waals surface area contributed by atoms with Crippen molar-refractivity contribution in [2.45, 2.75) is 4.90 Å². The van der Waals surface area contributed by atoms with Gasteiger partial charge in [0.2, 0.25) is 0 Å². The average molecular weight is 322 g/mol. The zero-order chi connectivity index (χ0) is 16.1. The lowest BCUT2D eigenvalue weighted by Gasteiger charge is -2.04. The third-order valence-electron chi connectivity index (χ3n) is 3.52. The maximum atomic E-state index is 5.19. The summed E-state index contributed by atoms with van der Waals surface area (Å²) >= 11 is 1.71. The average Bonchev–Trinajstić information content (AvgIpc) is 3.09. The Kier molecular flexibility index (Phi) is 4.83. The number of thioether (sulfide) groups is 1. The topological polar surface area (TPSA) is 26.5 Å². The van der Waals surface area contributed by atoms with Crippen molar-refractivity contribution in [2.24, 2.45) is 4.99 Å². The zero-order valence-electron chi connectivity index (χ0n) is 13.1. The fourth-order valence-corrected chi connectivity index (χ4v) is 2.83. The summed E-state index contributed by atoms with van der Waals surface area (Å²) in [6, 6.07) is 18.2. The minimum Gasteiger partial charge on any atom is -0.497 e. The molecule has 0 saturated carbocycles. The Morgan fingerprint density at radius 3 is 2.57 bits per heavy atom. The van der Waals surface area contributed by atoms with Gasteiger partial charge in [0.05, 0.1) is 12.8 Å². The third-order valence-corrected chi connectivity index (χ3v) is 4.31. The molecule has 2 aromatic carbocycles. The minimum absolute atomic E-state index is 0.858. The SMILES string of the molecule is COc1ccc(-n2ccc(C=Nc3ccccc3SC)c2)cc1. The van der Waals surface area contributed by atoms with Crippen molar-refractivity contribution in [3.63, 3.8) is 0 Å². The van der Waals surface area contributed by atoms with Crippen LogP contribution in [0.4, 0.5) is 5.69 Å². The number of aromatic nitrogens is 1. The van der Waals surface area contributed by atoms with Crippen molar-refractivity contribution in [3.05, 3.63) is 72.6 Å². The first kappa shape index (κ1) is 15.4. The first-order valence-corrected chi connectivity index (χ1v) is 8.52. The van der Waals surface area contributed by atoms with Gasteiger partial charge in [-0.2, -0.15) is 0 Å². The van der Waals surface area contributed by atoms with Crippen LogP contribution in [0.25, 0.3) is 5.69 Å². The van der Waals surface area contributed by atoms with E-state index in [9.17, 15) is 0 Å². The van der Waals surface area contributed by atoms with Gasteiger partial charge in [0, 0.05) is 34.8 Å². The molecule has 3 nitrogen and oxygen atoms in total. The van der Waals surface area contributed by atoms with Crippen molar-refractivity contribution in [3.8, 4) is 11.4 Å². The summed E-state index contributed by atoms with van der Waals surface area (Å²) in [6.45, 7) is 0. The van der Waals surface area contributed by atoms with Gasteiger partial charge in [-0.1, -0.05) is 12.1 Å². The van der Waals surface area contributed by atoms with Crippen molar-refractivity contribution >= 4 is 23.7 Å². The number of ether oxygens (including phenoxy) is 1. The van der Waals surface area contributed by atoms with Crippen LogP contribution in [-0.4, -0.2) is 24.1 Å². The molecular formula is C19H18N2OS. The Balaban J connectivity index is 1.80. The molecule has 1 heterocycles. The molecule has 3 aromatic rings. The van der Waals surface area contributed by atoms with Crippen molar-refractivity contribution in [2.75, 3.05) is 13.4 Å². The number of hydrogen-bond donors (Lipinski definition) is 0.